The zero-order valence-electron chi connectivity index (χ0n) is 11.0. The molecular formula is C12H25NO2. The van der Waals surface area contributed by atoms with Crippen LogP contribution in [0.2, 0.25) is 0 Å². The van der Waals surface area contributed by atoms with Crippen LogP contribution in [0, 0.1) is 5.92 Å². The molecule has 0 radical (unpaired) electrons. The van der Waals surface area contributed by atoms with Gasteiger partial charge in [0.15, 0.2) is 0 Å². The van der Waals surface area contributed by atoms with Crippen LogP contribution in [0.15, 0.2) is 0 Å². The molecule has 0 fully saturated rings. The average Bonchev–Trinajstić information content (AvgIpc) is 2.01. The highest BCUT2D eigenvalue weighted by Crippen LogP contribution is 2.29. The zero-order valence-corrected chi connectivity index (χ0v) is 11.0. The van der Waals surface area contributed by atoms with E-state index in [2.05, 4.69) is 4.90 Å². The van der Waals surface area contributed by atoms with Crippen molar-refractivity contribution < 1.29 is 9.90 Å². The van der Waals surface area contributed by atoms with Crippen molar-refractivity contribution in [2.45, 2.75) is 66.1 Å². The van der Waals surface area contributed by atoms with Gasteiger partial charge in [-0.25, -0.2) is 0 Å². The molecule has 0 aromatic rings. The Morgan fingerprint density at radius 3 is 1.47 bits per heavy atom. The van der Waals surface area contributed by atoms with Gasteiger partial charge in [0.1, 0.15) is 5.54 Å². The van der Waals surface area contributed by atoms with Gasteiger partial charge in [0.25, 0.3) is 0 Å². The molecule has 15 heavy (non-hydrogen) atoms. The molecule has 3 nitrogen and oxygen atoms in total. The van der Waals surface area contributed by atoms with E-state index in [1.807, 2.05) is 48.5 Å². The summed E-state index contributed by atoms with van der Waals surface area (Å²) in [6.45, 7) is 13.9. The lowest BCUT2D eigenvalue weighted by Gasteiger charge is -2.46. The van der Waals surface area contributed by atoms with Crippen LogP contribution < -0.4 is 0 Å². The number of carbonyl (C=O) groups is 1. The molecule has 90 valence electrons. The maximum atomic E-state index is 11.5. The summed E-state index contributed by atoms with van der Waals surface area (Å²) in [4.78, 5) is 13.5. The number of nitrogens with zero attached hydrogens (tertiary/aromatic N) is 1. The van der Waals surface area contributed by atoms with Crippen molar-refractivity contribution >= 4 is 5.97 Å². The van der Waals surface area contributed by atoms with Gasteiger partial charge in [-0.15, -0.1) is 0 Å². The van der Waals surface area contributed by atoms with E-state index in [-0.39, 0.29) is 18.0 Å². The number of rotatable bonds is 5. The lowest BCUT2D eigenvalue weighted by molar-refractivity contribution is -0.157. The Bertz CT molecular complexity index is 216. The molecule has 1 atom stereocenters. The normalized spacial score (nSPS) is 16.5. The lowest BCUT2D eigenvalue weighted by atomic mass is 9.84. The second kappa shape index (κ2) is 4.97. The van der Waals surface area contributed by atoms with Gasteiger partial charge >= 0.3 is 5.97 Å². The minimum absolute atomic E-state index is 0.0831. The van der Waals surface area contributed by atoms with Crippen LogP contribution in [0.25, 0.3) is 0 Å². The van der Waals surface area contributed by atoms with Crippen molar-refractivity contribution in [1.82, 2.24) is 4.90 Å². The predicted octanol–water partition coefficient (Wildman–Crippen LogP) is 2.60. The van der Waals surface area contributed by atoms with Gasteiger partial charge in [-0.3, -0.25) is 9.69 Å². The number of hydrogen-bond donors (Lipinski definition) is 1. The van der Waals surface area contributed by atoms with Crippen LogP contribution in [0.1, 0.15) is 48.5 Å². The smallest absolute Gasteiger partial charge is 0.324 e. The maximum absolute atomic E-state index is 11.5. The minimum Gasteiger partial charge on any atom is -0.480 e. The van der Waals surface area contributed by atoms with Gasteiger partial charge in [0.05, 0.1) is 0 Å². The summed E-state index contributed by atoms with van der Waals surface area (Å²) < 4.78 is 0. The second-order valence-electron chi connectivity index (χ2n) is 5.20. The first-order valence-corrected chi connectivity index (χ1v) is 5.67. The molecular weight excluding hydrogens is 190 g/mol. The van der Waals surface area contributed by atoms with Crippen LogP contribution in [0.4, 0.5) is 0 Å². The highest BCUT2D eigenvalue weighted by molar-refractivity contribution is 5.78. The van der Waals surface area contributed by atoms with E-state index in [9.17, 15) is 9.90 Å². The van der Waals surface area contributed by atoms with Crippen LogP contribution in [-0.2, 0) is 4.79 Å². The van der Waals surface area contributed by atoms with Gasteiger partial charge in [-0.2, -0.15) is 0 Å². The van der Waals surface area contributed by atoms with Crippen LogP contribution in [-0.4, -0.2) is 33.6 Å². The van der Waals surface area contributed by atoms with E-state index in [0.717, 1.165) is 0 Å². The molecule has 0 aromatic carbocycles. The van der Waals surface area contributed by atoms with E-state index in [1.54, 1.807) is 0 Å². The molecule has 0 unspecified atom stereocenters. The Hall–Kier alpha value is -0.570. The van der Waals surface area contributed by atoms with Crippen LogP contribution in [0.3, 0.4) is 0 Å². The molecule has 0 saturated carbocycles. The lowest BCUT2D eigenvalue weighted by Crippen LogP contribution is -2.60. The summed E-state index contributed by atoms with van der Waals surface area (Å²) in [5.74, 6) is -0.653. The largest absolute Gasteiger partial charge is 0.480 e. The SMILES string of the molecule is CC(C)N(C(C)C)[C@@](C)(C(=O)O)C(C)C. The van der Waals surface area contributed by atoms with Crippen molar-refractivity contribution in [3.8, 4) is 0 Å². The molecule has 0 amide bonds. The summed E-state index contributed by atoms with van der Waals surface area (Å²) in [6, 6.07) is 0.460. The third-order valence-electron chi connectivity index (χ3n) is 3.21. The third kappa shape index (κ3) is 2.71. The highest BCUT2D eigenvalue weighted by atomic mass is 16.4. The highest BCUT2D eigenvalue weighted by Gasteiger charge is 2.44. The molecule has 0 aliphatic heterocycles. The minimum atomic E-state index is -0.789. The Labute approximate surface area is 93.5 Å². The molecule has 0 aromatic heterocycles. The van der Waals surface area contributed by atoms with Crippen molar-refractivity contribution in [3.05, 3.63) is 0 Å². The van der Waals surface area contributed by atoms with Gasteiger partial charge in [0, 0.05) is 12.1 Å². The topological polar surface area (TPSA) is 40.5 Å². The van der Waals surface area contributed by atoms with Crippen molar-refractivity contribution in [3.63, 3.8) is 0 Å². The fourth-order valence-corrected chi connectivity index (χ4v) is 2.32. The Morgan fingerprint density at radius 2 is 1.40 bits per heavy atom. The van der Waals surface area contributed by atoms with Crippen molar-refractivity contribution in [1.29, 1.82) is 0 Å². The van der Waals surface area contributed by atoms with Gasteiger partial charge in [-0.1, -0.05) is 13.8 Å². The molecule has 0 aliphatic carbocycles. The zero-order chi connectivity index (χ0) is 12.4. The summed E-state index contributed by atoms with van der Waals surface area (Å²) in [7, 11) is 0. The Balaban J connectivity index is 5.29. The van der Waals surface area contributed by atoms with E-state index in [0.29, 0.717) is 0 Å². The number of carboxylic acid groups (broad SMARTS) is 1. The maximum Gasteiger partial charge on any atom is 0.324 e. The molecule has 3 heteroatoms. The third-order valence-corrected chi connectivity index (χ3v) is 3.21. The van der Waals surface area contributed by atoms with Crippen LogP contribution >= 0.6 is 0 Å². The molecule has 0 heterocycles. The number of carboxylic acids is 1. The first-order valence-electron chi connectivity index (χ1n) is 5.67. The van der Waals surface area contributed by atoms with Crippen LogP contribution in [0.5, 0.6) is 0 Å². The quantitative estimate of drug-likeness (QED) is 0.766. The monoisotopic (exact) mass is 215 g/mol. The van der Waals surface area contributed by atoms with Crippen molar-refractivity contribution in [2.75, 3.05) is 0 Å². The summed E-state index contributed by atoms with van der Waals surface area (Å²) in [5.41, 5.74) is -0.789. The second-order valence-corrected chi connectivity index (χ2v) is 5.20. The Kier molecular flexibility index (Phi) is 4.78. The first-order chi connectivity index (χ1) is 6.65. The summed E-state index contributed by atoms with van der Waals surface area (Å²) in [5, 5.41) is 9.43. The Morgan fingerprint density at radius 1 is 1.07 bits per heavy atom. The van der Waals surface area contributed by atoms with Gasteiger partial charge in [-0.05, 0) is 40.5 Å². The predicted molar refractivity (Wildman–Crippen MR) is 63.0 cm³/mol. The number of hydrogen-bond acceptors (Lipinski definition) is 2. The molecule has 0 bridgehead atoms. The average molecular weight is 215 g/mol. The van der Waals surface area contributed by atoms with Gasteiger partial charge in [0.2, 0.25) is 0 Å². The van der Waals surface area contributed by atoms with Crippen molar-refractivity contribution in [2.24, 2.45) is 5.92 Å². The molecule has 0 rings (SSSR count). The first kappa shape index (κ1) is 14.4. The molecule has 1 N–H and O–H groups in total. The molecule has 0 spiro atoms. The van der Waals surface area contributed by atoms with E-state index >= 15 is 0 Å². The van der Waals surface area contributed by atoms with Gasteiger partial charge < -0.3 is 5.11 Å². The van der Waals surface area contributed by atoms with E-state index in [1.165, 1.54) is 0 Å². The van der Waals surface area contributed by atoms with E-state index in [4.69, 9.17) is 0 Å². The fourth-order valence-electron chi connectivity index (χ4n) is 2.32. The standard InChI is InChI=1S/C12H25NO2/c1-8(2)12(7,11(14)15)13(9(3)4)10(5)6/h8-10H,1-7H3,(H,14,15)/t12-/m1/s1. The summed E-state index contributed by atoms with van der Waals surface area (Å²) in [6.07, 6.45) is 0. The number of aliphatic carboxylic acids is 1. The van der Waals surface area contributed by atoms with E-state index < -0.39 is 11.5 Å². The summed E-state index contributed by atoms with van der Waals surface area (Å²) >= 11 is 0. The molecule has 0 aliphatic rings. The molecule has 0 saturated heterocycles. The fraction of sp³-hybridized carbons (Fsp3) is 0.917.